The van der Waals surface area contributed by atoms with Crippen LogP contribution in [0.25, 0.3) is 33.5 Å². The summed E-state index contributed by atoms with van der Waals surface area (Å²) in [7, 11) is 0. The van der Waals surface area contributed by atoms with Crippen LogP contribution in [-0.2, 0) is 25.8 Å². The molecule has 2 N–H and O–H groups in total. The maximum absolute atomic E-state index is 13.3. The van der Waals surface area contributed by atoms with Crippen molar-refractivity contribution in [2.75, 3.05) is 19.8 Å². The Kier molecular flexibility index (Phi) is 10.8. The first-order chi connectivity index (χ1) is 23.7. The van der Waals surface area contributed by atoms with Gasteiger partial charge >= 0.3 is 5.97 Å². The number of carbonyl (C=O) groups excluding carboxylic acids is 2. The van der Waals surface area contributed by atoms with Crippen LogP contribution in [0.2, 0.25) is 0 Å². The minimum Gasteiger partial charge on any atom is -0.465 e. The number of nitrogens with one attached hydrogen (secondary N) is 2. The number of aromatic amines is 1. The number of esters is 1. The highest BCUT2D eigenvalue weighted by Crippen LogP contribution is 2.31. The van der Waals surface area contributed by atoms with Crippen molar-refractivity contribution in [3.63, 3.8) is 0 Å². The summed E-state index contributed by atoms with van der Waals surface area (Å²) >= 11 is 0. The highest BCUT2D eigenvalue weighted by atomic mass is 17.0. The molecule has 0 saturated heterocycles. The van der Waals surface area contributed by atoms with Crippen LogP contribution in [0.1, 0.15) is 35.7 Å². The van der Waals surface area contributed by atoms with E-state index in [4.69, 9.17) is 9.47 Å². The lowest BCUT2D eigenvalue weighted by molar-refractivity contribution is -0.851. The Morgan fingerprint density at radius 1 is 0.980 bits per heavy atom. The van der Waals surface area contributed by atoms with Gasteiger partial charge in [-0.1, -0.05) is 54.6 Å². The average molecular weight is 676 g/mol. The van der Waals surface area contributed by atoms with E-state index >= 15 is 0 Å². The molecule has 2 heterocycles. The molecule has 0 atom stereocenters. The van der Waals surface area contributed by atoms with Crippen LogP contribution in [0, 0.1) is 20.2 Å². The number of para-hydroxylation sites is 1. The molecule has 0 spiro atoms. The number of hydrogen-bond acceptors (Lipinski definition) is 14. The van der Waals surface area contributed by atoms with Crippen molar-refractivity contribution in [3.05, 3.63) is 98.1 Å². The molecular weight excluding hydrogens is 646 g/mol. The fraction of sp³-hybridized carbons (Fsp3) is 0.267. The Morgan fingerprint density at radius 2 is 1.71 bits per heavy atom. The molecule has 0 fully saturated rings. The average Bonchev–Trinajstić information content (AvgIpc) is 3.74. The van der Waals surface area contributed by atoms with Gasteiger partial charge in [0.1, 0.15) is 6.54 Å². The smallest absolute Gasteiger partial charge is 0.325 e. The number of fused-ring (bicyclic) bond motifs is 1. The maximum atomic E-state index is 13.3. The molecule has 0 aliphatic heterocycles. The predicted molar refractivity (Wildman–Crippen MR) is 168 cm³/mol. The van der Waals surface area contributed by atoms with Crippen LogP contribution >= 0.6 is 0 Å². The van der Waals surface area contributed by atoms with E-state index in [2.05, 4.69) is 40.6 Å². The molecule has 19 heteroatoms. The second kappa shape index (κ2) is 15.8. The molecular formula is C30H29N9O10. The lowest BCUT2D eigenvalue weighted by Crippen LogP contribution is -2.31. The number of imidazole rings is 1. The number of aromatic nitrogens is 6. The third-order valence-corrected chi connectivity index (χ3v) is 7.02. The molecule has 0 radical (unpaired) electrons. The van der Waals surface area contributed by atoms with Crippen molar-refractivity contribution in [1.82, 2.24) is 35.5 Å². The van der Waals surface area contributed by atoms with Gasteiger partial charge in [-0.25, -0.2) is 0 Å². The summed E-state index contributed by atoms with van der Waals surface area (Å²) in [4.78, 5) is 59.3. The first-order valence-corrected chi connectivity index (χ1v) is 14.8. The van der Waals surface area contributed by atoms with E-state index in [0.717, 1.165) is 22.3 Å². The molecule has 0 saturated carbocycles. The summed E-state index contributed by atoms with van der Waals surface area (Å²) in [5.41, 5.74) is 4.82. The number of tetrazole rings is 1. The van der Waals surface area contributed by atoms with Crippen molar-refractivity contribution in [2.24, 2.45) is 0 Å². The van der Waals surface area contributed by atoms with Crippen molar-refractivity contribution in [2.45, 2.75) is 32.6 Å². The van der Waals surface area contributed by atoms with E-state index in [1.165, 1.54) is 0 Å². The summed E-state index contributed by atoms with van der Waals surface area (Å²) in [5.74, 6) is -0.894. The molecule has 254 valence electrons. The van der Waals surface area contributed by atoms with E-state index in [1.54, 1.807) is 22.8 Å². The first kappa shape index (κ1) is 33.7. The standard InChI is InChI=1S/C30H29N9O10/c1-2-46-30-32-24-10-5-9-23(29(41)31-17-25(40)47-16-6-11-26(48-38(42)43)49-39(44)45)27(24)37(30)18-19-12-14-20(15-13-19)21-7-3-4-8-22(21)28-33-35-36-34-28/h3-5,7-10,12-15,26H,2,6,11,16-18H2,1H3,(H,31,41)(H,33,34,35,36). The lowest BCUT2D eigenvalue weighted by Gasteiger charge is -2.13. The summed E-state index contributed by atoms with van der Waals surface area (Å²) in [5, 5.41) is 35.4. The molecule has 5 rings (SSSR count). The van der Waals surface area contributed by atoms with Crippen molar-refractivity contribution < 1.29 is 38.9 Å². The number of ether oxygens (including phenoxy) is 2. The predicted octanol–water partition coefficient (Wildman–Crippen LogP) is 3.13. The molecule has 0 aliphatic rings. The third-order valence-electron chi connectivity index (χ3n) is 7.02. The Morgan fingerprint density at radius 3 is 2.39 bits per heavy atom. The largest absolute Gasteiger partial charge is 0.465 e. The fourth-order valence-electron chi connectivity index (χ4n) is 4.96. The van der Waals surface area contributed by atoms with Crippen molar-refractivity contribution >= 4 is 22.9 Å². The van der Waals surface area contributed by atoms with Crippen molar-refractivity contribution in [3.8, 4) is 28.5 Å². The van der Waals surface area contributed by atoms with Crippen LogP contribution in [0.3, 0.4) is 0 Å². The lowest BCUT2D eigenvalue weighted by atomic mass is 9.98. The Labute approximate surface area is 276 Å². The Hall–Kier alpha value is -6.66. The van der Waals surface area contributed by atoms with Gasteiger partial charge < -0.3 is 14.8 Å². The van der Waals surface area contributed by atoms with E-state index in [0.29, 0.717) is 36.0 Å². The van der Waals surface area contributed by atoms with E-state index in [9.17, 15) is 29.8 Å². The topological polar surface area (TPSA) is 242 Å². The quantitative estimate of drug-likeness (QED) is 0.0473. The monoisotopic (exact) mass is 675 g/mol. The van der Waals surface area contributed by atoms with Gasteiger partial charge in [0, 0.05) is 12.0 Å². The van der Waals surface area contributed by atoms with Crippen LogP contribution < -0.4 is 10.1 Å². The van der Waals surface area contributed by atoms with Gasteiger partial charge in [0.25, 0.3) is 28.4 Å². The number of carbonyl (C=O) groups is 2. The molecule has 0 unspecified atom stereocenters. The number of amides is 1. The van der Waals surface area contributed by atoms with Gasteiger partial charge in [0.05, 0.1) is 36.4 Å². The molecule has 3 aromatic carbocycles. The molecule has 2 aromatic heterocycles. The maximum Gasteiger partial charge on any atom is 0.325 e. The second-order valence-electron chi connectivity index (χ2n) is 10.2. The number of rotatable bonds is 17. The van der Waals surface area contributed by atoms with Crippen LogP contribution in [-0.4, -0.2) is 78.3 Å². The number of H-pyrrole nitrogens is 1. The summed E-state index contributed by atoms with van der Waals surface area (Å²) in [6, 6.07) is 20.9. The summed E-state index contributed by atoms with van der Waals surface area (Å²) in [6.45, 7) is 1.72. The van der Waals surface area contributed by atoms with Crippen LogP contribution in [0.5, 0.6) is 6.01 Å². The van der Waals surface area contributed by atoms with E-state index in [-0.39, 0.29) is 25.0 Å². The fourth-order valence-corrected chi connectivity index (χ4v) is 4.96. The summed E-state index contributed by atoms with van der Waals surface area (Å²) < 4.78 is 12.6. The molecule has 49 heavy (non-hydrogen) atoms. The van der Waals surface area contributed by atoms with E-state index in [1.807, 2.05) is 55.5 Å². The molecule has 1 amide bonds. The molecule has 0 bridgehead atoms. The minimum absolute atomic E-state index is 0.0446. The number of benzene rings is 3. The van der Waals surface area contributed by atoms with Crippen LogP contribution in [0.15, 0.2) is 66.7 Å². The van der Waals surface area contributed by atoms with Gasteiger partial charge in [0.15, 0.2) is 0 Å². The molecule has 0 aliphatic carbocycles. The molecule has 5 aromatic rings. The van der Waals surface area contributed by atoms with E-state index < -0.39 is 34.9 Å². The zero-order valence-electron chi connectivity index (χ0n) is 25.9. The number of hydrogen-bond donors (Lipinski definition) is 2. The normalized spacial score (nSPS) is 10.9. The van der Waals surface area contributed by atoms with Crippen molar-refractivity contribution in [1.29, 1.82) is 0 Å². The highest BCUT2D eigenvalue weighted by molar-refractivity contribution is 6.06. The number of nitrogens with zero attached hydrogens (tertiary/aromatic N) is 7. The zero-order chi connectivity index (χ0) is 34.8. The van der Waals surface area contributed by atoms with Gasteiger partial charge in [-0.05, 0) is 47.4 Å². The van der Waals surface area contributed by atoms with Gasteiger partial charge in [-0.15, -0.1) is 30.4 Å². The third kappa shape index (κ3) is 8.58. The first-order valence-electron chi connectivity index (χ1n) is 14.8. The second-order valence-corrected chi connectivity index (χ2v) is 10.2. The Bertz CT molecular complexity index is 1910. The zero-order valence-corrected chi connectivity index (χ0v) is 25.9. The van der Waals surface area contributed by atoms with Gasteiger partial charge in [-0.3, -0.25) is 23.8 Å². The van der Waals surface area contributed by atoms with Gasteiger partial charge in [0.2, 0.25) is 5.82 Å². The van der Waals surface area contributed by atoms with Gasteiger partial charge in [-0.2, -0.15) is 10.2 Å². The highest BCUT2D eigenvalue weighted by Gasteiger charge is 2.21. The summed E-state index contributed by atoms with van der Waals surface area (Å²) in [6.07, 6.45) is -2.11. The SMILES string of the molecule is CCOc1nc2cccc(C(=O)NCC(=O)OCCCC(O[N+](=O)[O-])O[N+](=O)[O-])c2n1Cc1ccc(-c2ccccc2-c2nn[nH]n2)cc1. The molecule has 19 nitrogen and oxygen atoms in total. The Balaban J connectivity index is 1.27. The minimum atomic E-state index is -1.77. The van der Waals surface area contributed by atoms with Crippen LogP contribution in [0.4, 0.5) is 0 Å².